The molecule has 3 nitrogen and oxygen atoms in total. The van der Waals surface area contributed by atoms with E-state index in [1.807, 2.05) is 13.8 Å². The van der Waals surface area contributed by atoms with Gasteiger partial charge in [-0.1, -0.05) is 38.5 Å². The van der Waals surface area contributed by atoms with Gasteiger partial charge in [-0.05, 0) is 12.8 Å². The van der Waals surface area contributed by atoms with Gasteiger partial charge in [-0.25, -0.2) is 0 Å². The molecular formula is C8H18O3PPbS-. The van der Waals surface area contributed by atoms with Gasteiger partial charge >= 0.3 is 0 Å². The number of rotatable bonds is 8. The summed E-state index contributed by atoms with van der Waals surface area (Å²) in [5.74, 6) is 0. The van der Waals surface area contributed by atoms with Crippen LogP contribution in [0.2, 0.25) is 0 Å². The number of hydrogen-bond donors (Lipinski definition) is 0. The van der Waals surface area contributed by atoms with Gasteiger partial charge in [0.2, 0.25) is 0 Å². The predicted octanol–water partition coefficient (Wildman–Crippen LogP) is 1.82. The predicted molar refractivity (Wildman–Crippen MR) is 61.8 cm³/mol. The molecule has 0 heterocycles. The maximum absolute atomic E-state index is 11.3. The second-order valence-electron chi connectivity index (χ2n) is 2.82. The smallest absolute Gasteiger partial charge is 0.115 e. The van der Waals surface area contributed by atoms with Crippen molar-refractivity contribution in [1.29, 1.82) is 0 Å². The first-order chi connectivity index (χ1) is 6.12. The third-order valence-corrected chi connectivity index (χ3v) is 3.12. The van der Waals surface area contributed by atoms with E-state index < -0.39 is 6.72 Å². The molecule has 0 aliphatic heterocycles. The van der Waals surface area contributed by atoms with Crippen LogP contribution >= 0.6 is 6.72 Å². The van der Waals surface area contributed by atoms with Gasteiger partial charge in [-0.15, -0.1) is 0 Å². The molecule has 0 saturated carbocycles. The van der Waals surface area contributed by atoms with E-state index in [1.165, 1.54) is 0 Å². The molecule has 0 aromatic carbocycles. The van der Waals surface area contributed by atoms with Crippen LogP contribution in [0, 0.1) is 0 Å². The second-order valence-corrected chi connectivity index (χ2v) is 5.57. The Bertz CT molecular complexity index is 155. The van der Waals surface area contributed by atoms with Gasteiger partial charge < -0.3 is 13.9 Å². The molecule has 0 unspecified atom stereocenters. The third-order valence-electron chi connectivity index (χ3n) is 1.49. The van der Waals surface area contributed by atoms with Crippen LogP contribution in [0.3, 0.4) is 0 Å². The first kappa shape index (κ1) is 17.8. The fraction of sp³-hybridized carbons (Fsp3) is 1.00. The molecule has 0 aliphatic rings. The van der Waals surface area contributed by atoms with Crippen LogP contribution in [0.4, 0.5) is 0 Å². The molecule has 0 saturated heterocycles. The zero-order valence-electron chi connectivity index (χ0n) is 8.82. The Morgan fingerprint density at radius 2 is 1.43 bits per heavy atom. The van der Waals surface area contributed by atoms with Crippen molar-refractivity contribution in [1.82, 2.24) is 0 Å². The Labute approximate surface area is 112 Å². The van der Waals surface area contributed by atoms with Gasteiger partial charge in [0.25, 0.3) is 0 Å². The van der Waals surface area contributed by atoms with Crippen molar-refractivity contribution in [3.05, 3.63) is 0 Å². The zero-order chi connectivity index (χ0) is 10.2. The minimum atomic E-state index is -3.17. The van der Waals surface area contributed by atoms with Crippen molar-refractivity contribution in [3.63, 3.8) is 0 Å². The average molecular weight is 432 g/mol. The summed E-state index contributed by atoms with van der Waals surface area (Å²) in [7, 11) is 0. The summed E-state index contributed by atoms with van der Waals surface area (Å²) < 4.78 is 9.93. The van der Waals surface area contributed by atoms with Gasteiger partial charge in [0.15, 0.2) is 0 Å². The molecule has 0 atom stereocenters. The number of hydrogen-bond acceptors (Lipinski definition) is 4. The summed E-state index contributed by atoms with van der Waals surface area (Å²) >= 11 is 4.68. The van der Waals surface area contributed by atoms with Crippen LogP contribution in [-0.2, 0) is 20.9 Å². The third kappa shape index (κ3) is 11.5. The molecule has 0 N–H and O–H groups in total. The Balaban J connectivity index is 0. The molecule has 0 amide bonds. The first-order valence-corrected chi connectivity index (χ1v) is 7.28. The molecule has 0 spiro atoms. The molecule has 6 heteroatoms. The van der Waals surface area contributed by atoms with E-state index in [4.69, 9.17) is 9.05 Å². The fourth-order valence-corrected chi connectivity index (χ4v) is 1.91. The van der Waals surface area contributed by atoms with Gasteiger partial charge in [0, 0.05) is 27.3 Å². The minimum Gasteiger partial charge on any atom is -0.780 e. The SMILES string of the molecule is CCCCOP([O-])(=S)OCCCC.[Pb]. The minimum absolute atomic E-state index is 0. The summed E-state index contributed by atoms with van der Waals surface area (Å²) in [5.41, 5.74) is 0. The molecule has 0 bridgehead atoms. The Hall–Kier alpha value is 1.45. The topological polar surface area (TPSA) is 41.5 Å². The van der Waals surface area contributed by atoms with E-state index in [0.717, 1.165) is 25.7 Å². The van der Waals surface area contributed by atoms with Gasteiger partial charge in [-0.2, -0.15) is 0 Å². The molecule has 0 aromatic heterocycles. The van der Waals surface area contributed by atoms with Crippen LogP contribution in [0.25, 0.3) is 0 Å². The standard InChI is InChI=1S/C8H19O3PS.Pb/c1-3-5-7-10-12(9,13)11-8-6-4-2;/h3-8H2,1-2H3,(H,9,13);/p-1. The number of unbranched alkanes of at least 4 members (excludes halogenated alkanes) is 2. The quantitative estimate of drug-likeness (QED) is 0.333. The summed E-state index contributed by atoms with van der Waals surface area (Å²) in [4.78, 5) is 11.3. The van der Waals surface area contributed by atoms with Crippen molar-refractivity contribution in [2.45, 2.75) is 39.5 Å². The summed E-state index contributed by atoms with van der Waals surface area (Å²) in [6.07, 6.45) is 3.75. The Morgan fingerprint density at radius 3 is 1.71 bits per heavy atom. The molecule has 0 rings (SSSR count). The van der Waals surface area contributed by atoms with E-state index in [2.05, 4.69) is 11.8 Å². The summed E-state index contributed by atoms with van der Waals surface area (Å²) in [6, 6.07) is 0. The van der Waals surface area contributed by atoms with E-state index >= 15 is 0 Å². The van der Waals surface area contributed by atoms with E-state index in [1.54, 1.807) is 0 Å². The van der Waals surface area contributed by atoms with Crippen molar-refractivity contribution >= 4 is 45.8 Å². The van der Waals surface area contributed by atoms with Crippen molar-refractivity contribution in [2.75, 3.05) is 13.2 Å². The van der Waals surface area contributed by atoms with Crippen LogP contribution in [0.15, 0.2) is 0 Å². The van der Waals surface area contributed by atoms with Crippen molar-refractivity contribution in [3.8, 4) is 0 Å². The molecule has 4 radical (unpaired) electrons. The normalized spacial score (nSPS) is 11.1. The fourth-order valence-electron chi connectivity index (χ4n) is 0.679. The van der Waals surface area contributed by atoms with Gasteiger partial charge in [0.05, 0.1) is 13.2 Å². The largest absolute Gasteiger partial charge is 0.780 e. The Morgan fingerprint density at radius 1 is 1.07 bits per heavy atom. The Kier molecular flexibility index (Phi) is 14.0. The van der Waals surface area contributed by atoms with Crippen LogP contribution in [0.5, 0.6) is 0 Å². The molecule has 0 aromatic rings. The monoisotopic (exact) mass is 433 g/mol. The molecule has 0 aliphatic carbocycles. The maximum Gasteiger partial charge on any atom is 0.115 e. The van der Waals surface area contributed by atoms with Gasteiger partial charge in [0.1, 0.15) is 6.72 Å². The van der Waals surface area contributed by atoms with E-state index in [0.29, 0.717) is 13.2 Å². The molecule has 14 heavy (non-hydrogen) atoms. The second kappa shape index (κ2) is 11.0. The zero-order valence-corrected chi connectivity index (χ0v) is 14.4. The summed E-state index contributed by atoms with van der Waals surface area (Å²) in [5, 5.41) is 0. The molecule has 84 valence electrons. The van der Waals surface area contributed by atoms with Crippen LogP contribution < -0.4 is 4.89 Å². The summed E-state index contributed by atoms with van der Waals surface area (Å²) in [6.45, 7) is 1.77. The molecular weight excluding hydrogens is 414 g/mol. The first-order valence-electron chi connectivity index (χ1n) is 4.72. The maximum atomic E-state index is 11.3. The van der Waals surface area contributed by atoms with Crippen molar-refractivity contribution in [2.24, 2.45) is 0 Å². The van der Waals surface area contributed by atoms with Crippen LogP contribution in [0.1, 0.15) is 39.5 Å². The average Bonchev–Trinajstić information content (AvgIpc) is 2.05. The van der Waals surface area contributed by atoms with Gasteiger partial charge in [-0.3, -0.25) is 0 Å². The van der Waals surface area contributed by atoms with Crippen molar-refractivity contribution < 1.29 is 13.9 Å². The van der Waals surface area contributed by atoms with E-state index in [-0.39, 0.29) is 27.3 Å². The molecule has 0 fully saturated rings. The van der Waals surface area contributed by atoms with Crippen LogP contribution in [-0.4, -0.2) is 40.5 Å². The van der Waals surface area contributed by atoms with E-state index in [9.17, 15) is 4.89 Å².